The SMILES string of the molecule is Cc1cc(F)cc(C)c1S(=O)(=O)NCC(C)(C)C#N. The highest BCUT2D eigenvalue weighted by atomic mass is 32.2. The molecule has 0 saturated heterocycles. The van der Waals surface area contributed by atoms with Crippen molar-refractivity contribution in [3.05, 3.63) is 29.1 Å². The van der Waals surface area contributed by atoms with E-state index in [0.717, 1.165) is 0 Å². The highest BCUT2D eigenvalue weighted by Gasteiger charge is 2.24. The Morgan fingerprint density at radius 2 is 1.79 bits per heavy atom. The van der Waals surface area contributed by atoms with Gasteiger partial charge in [0.2, 0.25) is 10.0 Å². The van der Waals surface area contributed by atoms with E-state index in [9.17, 15) is 12.8 Å². The van der Waals surface area contributed by atoms with Crippen LogP contribution in [0.3, 0.4) is 0 Å². The molecule has 1 aromatic carbocycles. The van der Waals surface area contributed by atoms with Crippen molar-refractivity contribution < 1.29 is 12.8 Å². The first kappa shape index (κ1) is 15.6. The third-order valence-electron chi connectivity index (χ3n) is 2.70. The lowest BCUT2D eigenvalue weighted by Crippen LogP contribution is -2.33. The average molecular weight is 284 g/mol. The second-order valence-corrected chi connectivity index (χ2v) is 6.89. The fourth-order valence-electron chi connectivity index (χ4n) is 1.71. The van der Waals surface area contributed by atoms with Crippen molar-refractivity contribution in [2.75, 3.05) is 6.54 Å². The zero-order chi connectivity index (χ0) is 14.8. The number of nitriles is 1. The molecule has 0 bridgehead atoms. The minimum atomic E-state index is -3.75. The van der Waals surface area contributed by atoms with Crippen molar-refractivity contribution in [1.82, 2.24) is 4.72 Å². The molecule has 0 heterocycles. The van der Waals surface area contributed by atoms with Crippen LogP contribution < -0.4 is 4.72 Å². The summed E-state index contributed by atoms with van der Waals surface area (Å²) in [7, 11) is -3.75. The summed E-state index contributed by atoms with van der Waals surface area (Å²) >= 11 is 0. The topological polar surface area (TPSA) is 70.0 Å². The molecule has 0 aliphatic carbocycles. The Hall–Kier alpha value is -1.45. The van der Waals surface area contributed by atoms with Gasteiger partial charge in [-0.1, -0.05) is 0 Å². The Morgan fingerprint density at radius 3 is 2.21 bits per heavy atom. The van der Waals surface area contributed by atoms with Gasteiger partial charge < -0.3 is 0 Å². The fraction of sp³-hybridized carbons (Fsp3) is 0.462. The first-order valence-corrected chi connectivity index (χ1v) is 7.25. The van der Waals surface area contributed by atoms with Gasteiger partial charge in [-0.3, -0.25) is 0 Å². The molecular weight excluding hydrogens is 267 g/mol. The fourth-order valence-corrected chi connectivity index (χ4v) is 3.37. The quantitative estimate of drug-likeness (QED) is 0.922. The van der Waals surface area contributed by atoms with Gasteiger partial charge in [-0.25, -0.2) is 17.5 Å². The zero-order valence-electron chi connectivity index (χ0n) is 11.4. The number of halogens is 1. The van der Waals surface area contributed by atoms with Crippen LogP contribution in [-0.2, 0) is 10.0 Å². The molecule has 0 saturated carbocycles. The maximum absolute atomic E-state index is 13.2. The first-order valence-electron chi connectivity index (χ1n) is 5.77. The van der Waals surface area contributed by atoms with Crippen LogP contribution in [0.1, 0.15) is 25.0 Å². The maximum atomic E-state index is 13.2. The minimum Gasteiger partial charge on any atom is -0.210 e. The monoisotopic (exact) mass is 284 g/mol. The van der Waals surface area contributed by atoms with E-state index in [4.69, 9.17) is 5.26 Å². The van der Waals surface area contributed by atoms with Crippen LogP contribution in [0.4, 0.5) is 4.39 Å². The van der Waals surface area contributed by atoms with Crippen molar-refractivity contribution in [1.29, 1.82) is 5.26 Å². The Labute approximate surface area is 113 Å². The highest BCUT2D eigenvalue weighted by molar-refractivity contribution is 7.89. The summed E-state index contributed by atoms with van der Waals surface area (Å²) in [5, 5.41) is 8.87. The van der Waals surface area contributed by atoms with E-state index in [-0.39, 0.29) is 11.4 Å². The second kappa shape index (κ2) is 5.27. The Morgan fingerprint density at radius 1 is 1.32 bits per heavy atom. The molecule has 1 aromatic rings. The molecular formula is C13H17FN2O2S. The van der Waals surface area contributed by atoms with E-state index in [2.05, 4.69) is 4.72 Å². The van der Waals surface area contributed by atoms with Gasteiger partial charge in [0.25, 0.3) is 0 Å². The van der Waals surface area contributed by atoms with Gasteiger partial charge in [-0.2, -0.15) is 5.26 Å². The molecule has 1 rings (SSSR count). The number of sulfonamides is 1. The molecule has 0 amide bonds. The zero-order valence-corrected chi connectivity index (χ0v) is 12.2. The van der Waals surface area contributed by atoms with Crippen molar-refractivity contribution in [3.63, 3.8) is 0 Å². The lowest BCUT2D eigenvalue weighted by molar-refractivity contribution is 0.478. The largest absolute Gasteiger partial charge is 0.241 e. The van der Waals surface area contributed by atoms with Crippen LogP contribution in [0.15, 0.2) is 17.0 Å². The normalized spacial score (nSPS) is 12.2. The Bertz CT molecular complexity index is 608. The van der Waals surface area contributed by atoms with Crippen LogP contribution in [0.2, 0.25) is 0 Å². The molecule has 104 valence electrons. The molecule has 0 radical (unpaired) electrons. The van der Waals surface area contributed by atoms with E-state index in [1.807, 2.05) is 6.07 Å². The highest BCUT2D eigenvalue weighted by Crippen LogP contribution is 2.22. The van der Waals surface area contributed by atoms with Crippen molar-refractivity contribution in [3.8, 4) is 6.07 Å². The Balaban J connectivity index is 3.13. The van der Waals surface area contributed by atoms with Gasteiger partial charge >= 0.3 is 0 Å². The summed E-state index contributed by atoms with van der Waals surface area (Å²) in [6.45, 7) is 6.36. The van der Waals surface area contributed by atoms with Gasteiger partial charge in [-0.15, -0.1) is 0 Å². The molecule has 19 heavy (non-hydrogen) atoms. The summed E-state index contributed by atoms with van der Waals surface area (Å²) in [5.41, 5.74) is -0.103. The lowest BCUT2D eigenvalue weighted by Gasteiger charge is -2.17. The summed E-state index contributed by atoms with van der Waals surface area (Å²) in [5.74, 6) is -0.466. The number of benzene rings is 1. The smallest absolute Gasteiger partial charge is 0.210 e. The van der Waals surface area contributed by atoms with E-state index in [1.54, 1.807) is 27.7 Å². The van der Waals surface area contributed by atoms with Crippen molar-refractivity contribution in [2.24, 2.45) is 5.41 Å². The number of nitrogens with zero attached hydrogens (tertiary/aromatic N) is 1. The molecule has 1 N–H and O–H groups in total. The standard InChI is InChI=1S/C13H17FN2O2S/c1-9-5-11(14)6-10(2)12(9)19(17,18)16-8-13(3,4)7-15/h5-6,16H,8H2,1-4H3. The molecule has 0 aromatic heterocycles. The van der Waals surface area contributed by atoms with Crippen LogP contribution in [0, 0.1) is 36.4 Å². The molecule has 4 nitrogen and oxygen atoms in total. The van der Waals surface area contributed by atoms with Gasteiger partial charge in [-0.05, 0) is 51.0 Å². The van der Waals surface area contributed by atoms with Crippen molar-refractivity contribution in [2.45, 2.75) is 32.6 Å². The molecule has 0 unspecified atom stereocenters. The molecule has 6 heteroatoms. The van der Waals surface area contributed by atoms with Crippen LogP contribution in [0.25, 0.3) is 0 Å². The number of hydrogen-bond donors (Lipinski definition) is 1. The number of aryl methyl sites for hydroxylation is 2. The Kier molecular flexibility index (Phi) is 4.33. The van der Waals surface area contributed by atoms with Gasteiger partial charge in [0.1, 0.15) is 5.82 Å². The van der Waals surface area contributed by atoms with Gasteiger partial charge in [0.15, 0.2) is 0 Å². The van der Waals surface area contributed by atoms with Crippen LogP contribution in [0.5, 0.6) is 0 Å². The summed E-state index contributed by atoms with van der Waals surface area (Å²) < 4.78 is 40.0. The lowest BCUT2D eigenvalue weighted by atomic mass is 9.97. The minimum absolute atomic E-state index is 0.00207. The third kappa shape index (κ3) is 3.75. The molecule has 0 aliphatic heterocycles. The molecule has 0 aliphatic rings. The average Bonchev–Trinajstić information content (AvgIpc) is 2.25. The van der Waals surface area contributed by atoms with E-state index in [0.29, 0.717) is 11.1 Å². The van der Waals surface area contributed by atoms with E-state index >= 15 is 0 Å². The van der Waals surface area contributed by atoms with Gasteiger partial charge in [0.05, 0.1) is 16.4 Å². The second-order valence-electron chi connectivity index (χ2n) is 5.19. The number of rotatable bonds is 4. The maximum Gasteiger partial charge on any atom is 0.241 e. The predicted octanol–water partition coefficient (Wildman–Crippen LogP) is 2.27. The van der Waals surface area contributed by atoms with Gasteiger partial charge in [0, 0.05) is 6.54 Å². The number of hydrogen-bond acceptors (Lipinski definition) is 3. The third-order valence-corrected chi connectivity index (χ3v) is 4.41. The van der Waals surface area contributed by atoms with E-state index < -0.39 is 21.3 Å². The first-order chi connectivity index (χ1) is 8.59. The predicted molar refractivity (Wildman–Crippen MR) is 70.5 cm³/mol. The van der Waals surface area contributed by atoms with Crippen molar-refractivity contribution >= 4 is 10.0 Å². The molecule has 0 spiro atoms. The van der Waals surface area contributed by atoms with Crippen LogP contribution in [-0.4, -0.2) is 15.0 Å². The van der Waals surface area contributed by atoms with E-state index in [1.165, 1.54) is 12.1 Å². The molecule has 0 fully saturated rings. The van der Waals surface area contributed by atoms with Crippen LogP contribution >= 0.6 is 0 Å². The molecule has 0 atom stereocenters. The summed E-state index contributed by atoms with van der Waals surface area (Å²) in [6, 6.07) is 4.37. The number of nitrogens with one attached hydrogen (secondary N) is 1. The summed E-state index contributed by atoms with van der Waals surface area (Å²) in [4.78, 5) is 0.0719. The summed E-state index contributed by atoms with van der Waals surface area (Å²) in [6.07, 6.45) is 0.